The van der Waals surface area contributed by atoms with Crippen LogP contribution in [0.2, 0.25) is 0 Å². The lowest BCUT2D eigenvalue weighted by Crippen LogP contribution is -2.56. The topological polar surface area (TPSA) is 51.1 Å². The summed E-state index contributed by atoms with van der Waals surface area (Å²) in [5.41, 5.74) is 1.60. The zero-order valence-electron chi connectivity index (χ0n) is 19.4. The van der Waals surface area contributed by atoms with Gasteiger partial charge in [0, 0.05) is 12.3 Å². The van der Waals surface area contributed by atoms with Crippen molar-refractivity contribution < 1.29 is 14.3 Å². The van der Waals surface area contributed by atoms with Gasteiger partial charge < -0.3 is 9.47 Å². The SMILES string of the molecule is CCC1=NC(C)(C)[C@@H]2CC([C@@H](C)OCc3ccccc3)=C[C@@H]2N1C(=O)OC(C)(C)C. The average molecular weight is 413 g/mol. The van der Waals surface area contributed by atoms with Crippen molar-refractivity contribution in [2.75, 3.05) is 0 Å². The predicted molar refractivity (Wildman–Crippen MR) is 121 cm³/mol. The standard InChI is InChI=1S/C25H36N2O3/c1-8-22-26-25(6,7)20-14-19(17(2)29-16-18-12-10-9-11-13-18)15-21(20)27(22)23(28)30-24(3,4)5/h9-13,15,17,20-21H,8,14,16H2,1-7H3/t17-,20-,21+/m1/s1. The highest BCUT2D eigenvalue weighted by Gasteiger charge is 2.49. The molecule has 0 bridgehead atoms. The molecule has 1 aromatic carbocycles. The number of carbonyl (C=O) groups excluding carboxylic acids is 1. The van der Waals surface area contributed by atoms with Crippen LogP contribution >= 0.6 is 0 Å². The second-order valence-electron chi connectivity index (χ2n) is 9.87. The van der Waals surface area contributed by atoms with Gasteiger partial charge in [0.25, 0.3) is 0 Å². The molecule has 1 amide bonds. The second-order valence-corrected chi connectivity index (χ2v) is 9.87. The molecule has 1 aromatic rings. The van der Waals surface area contributed by atoms with Gasteiger partial charge >= 0.3 is 6.09 Å². The van der Waals surface area contributed by atoms with E-state index in [9.17, 15) is 4.79 Å². The van der Waals surface area contributed by atoms with Crippen LogP contribution in [-0.2, 0) is 16.1 Å². The van der Waals surface area contributed by atoms with Crippen LogP contribution in [0, 0.1) is 5.92 Å². The fourth-order valence-electron chi connectivity index (χ4n) is 4.33. The minimum Gasteiger partial charge on any atom is -0.443 e. The summed E-state index contributed by atoms with van der Waals surface area (Å²) in [7, 11) is 0. The quantitative estimate of drug-likeness (QED) is 0.579. The molecule has 0 radical (unpaired) electrons. The second kappa shape index (κ2) is 8.54. The van der Waals surface area contributed by atoms with Crippen LogP contribution in [0.15, 0.2) is 47.0 Å². The van der Waals surface area contributed by atoms with E-state index in [1.165, 1.54) is 5.57 Å². The third-order valence-electron chi connectivity index (χ3n) is 5.92. The van der Waals surface area contributed by atoms with Crippen molar-refractivity contribution in [1.82, 2.24) is 4.90 Å². The Kier molecular flexibility index (Phi) is 6.42. The van der Waals surface area contributed by atoms with Crippen LogP contribution in [0.3, 0.4) is 0 Å². The lowest BCUT2D eigenvalue weighted by Gasteiger charge is -2.44. The van der Waals surface area contributed by atoms with Crippen molar-refractivity contribution in [3.63, 3.8) is 0 Å². The molecular weight excluding hydrogens is 376 g/mol. The number of amides is 1. The summed E-state index contributed by atoms with van der Waals surface area (Å²) in [6.45, 7) is 14.7. The Bertz CT molecular complexity index is 821. The van der Waals surface area contributed by atoms with Crippen molar-refractivity contribution in [2.24, 2.45) is 10.9 Å². The zero-order valence-corrected chi connectivity index (χ0v) is 19.4. The maximum Gasteiger partial charge on any atom is 0.416 e. The van der Waals surface area contributed by atoms with Crippen LogP contribution in [0.25, 0.3) is 0 Å². The molecule has 2 aliphatic rings. The molecule has 164 valence electrons. The van der Waals surface area contributed by atoms with Crippen LogP contribution in [0.5, 0.6) is 0 Å². The molecule has 0 fully saturated rings. The molecule has 0 spiro atoms. The fraction of sp³-hybridized carbons (Fsp3) is 0.600. The van der Waals surface area contributed by atoms with Gasteiger partial charge in [-0.2, -0.15) is 0 Å². The van der Waals surface area contributed by atoms with E-state index in [0.29, 0.717) is 13.0 Å². The van der Waals surface area contributed by atoms with Crippen LogP contribution in [0.1, 0.15) is 66.9 Å². The number of ether oxygens (including phenoxy) is 2. The third-order valence-corrected chi connectivity index (χ3v) is 5.92. The average Bonchev–Trinajstić information content (AvgIpc) is 3.11. The van der Waals surface area contributed by atoms with Gasteiger partial charge in [-0.05, 0) is 59.1 Å². The molecule has 1 aliphatic carbocycles. The summed E-state index contributed by atoms with van der Waals surface area (Å²) < 4.78 is 11.9. The van der Waals surface area contributed by atoms with Gasteiger partial charge in [0.05, 0.1) is 24.3 Å². The number of benzene rings is 1. The number of fused-ring (bicyclic) bond motifs is 1. The number of aliphatic imine (C=N–C) groups is 1. The summed E-state index contributed by atoms with van der Waals surface area (Å²) in [4.78, 5) is 19.8. The van der Waals surface area contributed by atoms with E-state index in [-0.39, 0.29) is 29.7 Å². The highest BCUT2D eigenvalue weighted by molar-refractivity contribution is 5.97. The highest BCUT2D eigenvalue weighted by atomic mass is 16.6. The molecule has 0 saturated heterocycles. The molecule has 0 saturated carbocycles. The molecule has 3 atom stereocenters. The lowest BCUT2D eigenvalue weighted by atomic mass is 9.80. The Labute approximate surface area is 181 Å². The molecule has 5 heteroatoms. The van der Waals surface area contributed by atoms with Gasteiger partial charge in [0.2, 0.25) is 0 Å². The number of hydrogen-bond acceptors (Lipinski definition) is 4. The third kappa shape index (κ3) is 4.94. The Morgan fingerprint density at radius 1 is 1.27 bits per heavy atom. The first-order valence-electron chi connectivity index (χ1n) is 11.0. The molecule has 3 rings (SSSR count). The Hall–Kier alpha value is -2.14. The van der Waals surface area contributed by atoms with Crippen molar-refractivity contribution in [1.29, 1.82) is 0 Å². The summed E-state index contributed by atoms with van der Waals surface area (Å²) in [6, 6.07) is 10.2. The first-order chi connectivity index (χ1) is 14.0. The van der Waals surface area contributed by atoms with Gasteiger partial charge in [0.15, 0.2) is 0 Å². The maximum absolute atomic E-state index is 13.1. The first kappa shape index (κ1) is 22.5. The van der Waals surface area contributed by atoms with Crippen LogP contribution < -0.4 is 0 Å². The Balaban J connectivity index is 1.82. The number of hydrogen-bond donors (Lipinski definition) is 0. The number of nitrogens with zero attached hydrogens (tertiary/aromatic N) is 2. The van der Waals surface area contributed by atoms with E-state index in [2.05, 4.69) is 39.0 Å². The van der Waals surface area contributed by atoms with Gasteiger partial charge in [-0.25, -0.2) is 4.79 Å². The predicted octanol–water partition coefficient (Wildman–Crippen LogP) is 5.74. The minimum absolute atomic E-state index is 0.0165. The van der Waals surface area contributed by atoms with Gasteiger partial charge in [-0.1, -0.05) is 43.3 Å². The summed E-state index contributed by atoms with van der Waals surface area (Å²) in [5.74, 6) is 1.00. The fourth-order valence-corrected chi connectivity index (χ4v) is 4.33. The number of carbonyl (C=O) groups is 1. The summed E-state index contributed by atoms with van der Waals surface area (Å²) in [5, 5.41) is 0. The van der Waals surface area contributed by atoms with Gasteiger partial charge in [0.1, 0.15) is 11.4 Å². The molecule has 0 aromatic heterocycles. The Morgan fingerprint density at radius 3 is 2.53 bits per heavy atom. The van der Waals surface area contributed by atoms with Crippen LogP contribution in [0.4, 0.5) is 4.79 Å². The van der Waals surface area contributed by atoms with Crippen LogP contribution in [-0.4, -0.2) is 40.1 Å². The largest absolute Gasteiger partial charge is 0.443 e. The van der Waals surface area contributed by atoms with E-state index in [1.54, 1.807) is 4.90 Å². The van der Waals surface area contributed by atoms with Crippen molar-refractivity contribution >= 4 is 11.9 Å². The lowest BCUT2D eigenvalue weighted by molar-refractivity contribution is 0.0255. The van der Waals surface area contributed by atoms with Crippen molar-refractivity contribution in [3.05, 3.63) is 47.5 Å². The Morgan fingerprint density at radius 2 is 1.93 bits per heavy atom. The molecule has 5 nitrogen and oxygen atoms in total. The van der Waals surface area contributed by atoms with E-state index < -0.39 is 5.60 Å². The molecular formula is C25H36N2O3. The summed E-state index contributed by atoms with van der Waals surface area (Å²) >= 11 is 0. The summed E-state index contributed by atoms with van der Waals surface area (Å²) in [6.07, 6.45) is 3.44. The smallest absolute Gasteiger partial charge is 0.416 e. The molecule has 0 N–H and O–H groups in total. The van der Waals surface area contributed by atoms with E-state index in [1.807, 2.05) is 45.9 Å². The van der Waals surface area contributed by atoms with Gasteiger partial charge in [-0.15, -0.1) is 0 Å². The monoisotopic (exact) mass is 412 g/mol. The maximum atomic E-state index is 13.1. The van der Waals surface area contributed by atoms with E-state index in [0.717, 1.165) is 17.8 Å². The number of rotatable bonds is 5. The van der Waals surface area contributed by atoms with Crippen molar-refractivity contribution in [2.45, 2.75) is 91.2 Å². The molecule has 30 heavy (non-hydrogen) atoms. The normalized spacial score (nSPS) is 24.0. The molecule has 0 unspecified atom stereocenters. The van der Waals surface area contributed by atoms with E-state index >= 15 is 0 Å². The molecule has 1 aliphatic heterocycles. The molecule has 1 heterocycles. The van der Waals surface area contributed by atoms with Gasteiger partial charge in [-0.3, -0.25) is 9.89 Å². The van der Waals surface area contributed by atoms with Crippen molar-refractivity contribution in [3.8, 4) is 0 Å². The first-order valence-corrected chi connectivity index (χ1v) is 11.0. The number of amidine groups is 1. The highest BCUT2D eigenvalue weighted by Crippen LogP contribution is 2.44. The van der Waals surface area contributed by atoms with E-state index in [4.69, 9.17) is 14.5 Å². The minimum atomic E-state index is -0.546. The zero-order chi connectivity index (χ0) is 22.1.